The highest BCUT2D eigenvalue weighted by molar-refractivity contribution is 7.16. The lowest BCUT2D eigenvalue weighted by Gasteiger charge is -2.13. The quantitative estimate of drug-likeness (QED) is 0.912. The molecule has 2 rings (SSSR count). The summed E-state index contributed by atoms with van der Waals surface area (Å²) >= 11 is 7.33. The van der Waals surface area contributed by atoms with E-state index < -0.39 is 5.97 Å². The summed E-state index contributed by atoms with van der Waals surface area (Å²) < 4.78 is 2.44. The van der Waals surface area contributed by atoms with Gasteiger partial charge in [-0.05, 0) is 31.2 Å². The Morgan fingerprint density at radius 1 is 1.50 bits per heavy atom. The third kappa shape index (κ3) is 1.99. The van der Waals surface area contributed by atoms with Gasteiger partial charge in [-0.15, -0.1) is 11.3 Å². The highest BCUT2D eigenvalue weighted by atomic mass is 35.5. The zero-order valence-corrected chi connectivity index (χ0v) is 10.1. The first kappa shape index (κ1) is 11.2. The standard InChI is InChI=1S/C11H10ClNO2S/c1-7(9-4-5-10(12)16-9)13-6-2-3-8(13)11(14)15/h2-7H,1H3,(H,14,15). The van der Waals surface area contributed by atoms with Gasteiger partial charge in [-0.2, -0.15) is 0 Å². The van der Waals surface area contributed by atoms with Crippen LogP contribution in [0.15, 0.2) is 30.5 Å². The maximum absolute atomic E-state index is 11.0. The van der Waals surface area contributed by atoms with Crippen LogP contribution in [0.25, 0.3) is 0 Å². The van der Waals surface area contributed by atoms with Crippen molar-refractivity contribution in [3.8, 4) is 0 Å². The number of hydrogen-bond acceptors (Lipinski definition) is 2. The van der Waals surface area contributed by atoms with Crippen LogP contribution in [-0.2, 0) is 0 Å². The Morgan fingerprint density at radius 3 is 2.81 bits per heavy atom. The Bertz CT molecular complexity index is 518. The van der Waals surface area contributed by atoms with Gasteiger partial charge >= 0.3 is 5.97 Å². The third-order valence-electron chi connectivity index (χ3n) is 2.42. The lowest BCUT2D eigenvalue weighted by Crippen LogP contribution is -2.11. The van der Waals surface area contributed by atoms with Crippen molar-refractivity contribution in [2.75, 3.05) is 0 Å². The Labute approximate surface area is 102 Å². The average Bonchev–Trinajstić information content (AvgIpc) is 2.84. The van der Waals surface area contributed by atoms with Gasteiger partial charge in [-0.25, -0.2) is 4.79 Å². The third-order valence-corrected chi connectivity index (χ3v) is 3.82. The molecule has 0 aliphatic carbocycles. The fraction of sp³-hybridized carbons (Fsp3) is 0.182. The molecule has 1 unspecified atom stereocenters. The van der Waals surface area contributed by atoms with Crippen LogP contribution in [-0.4, -0.2) is 15.6 Å². The van der Waals surface area contributed by atoms with Gasteiger partial charge < -0.3 is 9.67 Å². The summed E-state index contributed by atoms with van der Waals surface area (Å²) in [6, 6.07) is 7.05. The molecule has 0 saturated heterocycles. The van der Waals surface area contributed by atoms with E-state index in [2.05, 4.69) is 0 Å². The van der Waals surface area contributed by atoms with E-state index in [1.54, 1.807) is 22.9 Å². The SMILES string of the molecule is CC(c1ccc(Cl)s1)n1cccc1C(=O)O. The fourth-order valence-corrected chi connectivity index (χ4v) is 2.71. The smallest absolute Gasteiger partial charge is 0.352 e. The van der Waals surface area contributed by atoms with Gasteiger partial charge in [0.2, 0.25) is 0 Å². The molecule has 3 nitrogen and oxygen atoms in total. The molecule has 84 valence electrons. The molecule has 0 saturated carbocycles. The number of aromatic carboxylic acids is 1. The Morgan fingerprint density at radius 2 is 2.25 bits per heavy atom. The molecule has 2 aromatic rings. The van der Waals surface area contributed by atoms with Gasteiger partial charge in [0.15, 0.2) is 0 Å². The monoisotopic (exact) mass is 255 g/mol. The number of halogens is 1. The van der Waals surface area contributed by atoms with Crippen molar-refractivity contribution in [2.45, 2.75) is 13.0 Å². The summed E-state index contributed by atoms with van der Waals surface area (Å²) in [4.78, 5) is 12.0. The van der Waals surface area contributed by atoms with Crippen molar-refractivity contribution in [3.05, 3.63) is 45.4 Å². The minimum atomic E-state index is -0.917. The van der Waals surface area contributed by atoms with Crippen molar-refractivity contribution >= 4 is 28.9 Å². The molecular formula is C11H10ClNO2S. The number of rotatable bonds is 3. The Hall–Kier alpha value is -1.26. The lowest BCUT2D eigenvalue weighted by atomic mass is 10.2. The van der Waals surface area contributed by atoms with Crippen LogP contribution in [0.4, 0.5) is 0 Å². The van der Waals surface area contributed by atoms with E-state index in [1.165, 1.54) is 11.3 Å². The average molecular weight is 256 g/mol. The van der Waals surface area contributed by atoms with Crippen LogP contribution >= 0.6 is 22.9 Å². The second kappa shape index (κ2) is 4.31. The summed E-state index contributed by atoms with van der Waals surface area (Å²) in [7, 11) is 0. The van der Waals surface area contributed by atoms with E-state index in [0.717, 1.165) is 4.88 Å². The number of carboxylic acid groups (broad SMARTS) is 1. The normalized spacial score (nSPS) is 12.6. The summed E-state index contributed by atoms with van der Waals surface area (Å²) in [5.74, 6) is -0.917. The molecule has 0 aliphatic heterocycles. The largest absolute Gasteiger partial charge is 0.477 e. The van der Waals surface area contributed by atoms with Gasteiger partial charge in [0, 0.05) is 11.1 Å². The minimum Gasteiger partial charge on any atom is -0.477 e. The lowest BCUT2D eigenvalue weighted by molar-refractivity contribution is 0.0684. The molecular weight excluding hydrogens is 246 g/mol. The van der Waals surface area contributed by atoms with Crippen molar-refractivity contribution in [2.24, 2.45) is 0 Å². The van der Waals surface area contributed by atoms with E-state index in [1.807, 2.05) is 19.1 Å². The van der Waals surface area contributed by atoms with Crippen LogP contribution in [0.2, 0.25) is 4.34 Å². The molecule has 1 N–H and O–H groups in total. The van der Waals surface area contributed by atoms with Crippen molar-refractivity contribution in [1.82, 2.24) is 4.57 Å². The summed E-state index contributed by atoms with van der Waals surface area (Å²) in [6.07, 6.45) is 1.77. The number of carboxylic acids is 1. The molecule has 1 atom stereocenters. The highest BCUT2D eigenvalue weighted by Gasteiger charge is 2.16. The minimum absolute atomic E-state index is 0.0152. The number of carbonyl (C=O) groups is 1. The van der Waals surface area contributed by atoms with Gasteiger partial charge in [-0.3, -0.25) is 0 Å². The predicted molar refractivity (Wildman–Crippen MR) is 64.5 cm³/mol. The molecule has 0 amide bonds. The molecule has 0 radical (unpaired) electrons. The first-order valence-electron chi connectivity index (χ1n) is 4.75. The summed E-state index contributed by atoms with van der Waals surface area (Å²) in [5, 5.41) is 9.01. The molecule has 2 heterocycles. The number of hydrogen-bond donors (Lipinski definition) is 1. The fourth-order valence-electron chi connectivity index (χ4n) is 1.60. The zero-order chi connectivity index (χ0) is 11.7. The molecule has 2 aromatic heterocycles. The van der Waals surface area contributed by atoms with Crippen LogP contribution < -0.4 is 0 Å². The van der Waals surface area contributed by atoms with E-state index >= 15 is 0 Å². The van der Waals surface area contributed by atoms with Crippen molar-refractivity contribution in [1.29, 1.82) is 0 Å². The predicted octanol–water partition coefficient (Wildman–Crippen LogP) is 3.51. The highest BCUT2D eigenvalue weighted by Crippen LogP contribution is 2.29. The van der Waals surface area contributed by atoms with E-state index in [-0.39, 0.29) is 11.7 Å². The molecule has 0 aromatic carbocycles. The van der Waals surface area contributed by atoms with Crippen LogP contribution in [0.5, 0.6) is 0 Å². The zero-order valence-electron chi connectivity index (χ0n) is 8.55. The second-order valence-electron chi connectivity index (χ2n) is 3.42. The Kier molecular flexibility index (Phi) is 3.03. The molecule has 16 heavy (non-hydrogen) atoms. The molecule has 5 heteroatoms. The molecule has 0 spiro atoms. The van der Waals surface area contributed by atoms with Gasteiger partial charge in [0.1, 0.15) is 5.69 Å². The topological polar surface area (TPSA) is 42.2 Å². The van der Waals surface area contributed by atoms with Crippen LogP contribution in [0.1, 0.15) is 28.3 Å². The molecule has 0 fully saturated rings. The van der Waals surface area contributed by atoms with Crippen LogP contribution in [0, 0.1) is 0 Å². The first-order valence-corrected chi connectivity index (χ1v) is 5.94. The first-order chi connectivity index (χ1) is 7.59. The van der Waals surface area contributed by atoms with Crippen molar-refractivity contribution < 1.29 is 9.90 Å². The summed E-state index contributed by atoms with van der Waals surface area (Å²) in [5.41, 5.74) is 0.289. The van der Waals surface area contributed by atoms with Gasteiger partial charge in [-0.1, -0.05) is 11.6 Å². The van der Waals surface area contributed by atoms with Gasteiger partial charge in [0.25, 0.3) is 0 Å². The number of nitrogens with zero attached hydrogens (tertiary/aromatic N) is 1. The summed E-state index contributed by atoms with van der Waals surface area (Å²) in [6.45, 7) is 1.95. The maximum atomic E-state index is 11.0. The Balaban J connectivity index is 2.37. The van der Waals surface area contributed by atoms with Gasteiger partial charge in [0.05, 0.1) is 10.4 Å². The second-order valence-corrected chi connectivity index (χ2v) is 5.17. The van der Waals surface area contributed by atoms with Crippen molar-refractivity contribution in [3.63, 3.8) is 0 Å². The van der Waals surface area contributed by atoms with E-state index in [0.29, 0.717) is 4.34 Å². The van der Waals surface area contributed by atoms with E-state index in [9.17, 15) is 4.79 Å². The molecule has 0 bridgehead atoms. The van der Waals surface area contributed by atoms with Crippen LogP contribution in [0.3, 0.4) is 0 Å². The maximum Gasteiger partial charge on any atom is 0.352 e. The van der Waals surface area contributed by atoms with E-state index in [4.69, 9.17) is 16.7 Å². The number of aromatic nitrogens is 1. The molecule has 0 aliphatic rings. The number of thiophene rings is 1.